The highest BCUT2D eigenvalue weighted by Gasteiger charge is 2.29. The van der Waals surface area contributed by atoms with Crippen LogP contribution in [0.4, 0.5) is 5.69 Å². The van der Waals surface area contributed by atoms with Crippen LogP contribution in [0.3, 0.4) is 0 Å². The second-order valence-corrected chi connectivity index (χ2v) is 6.28. The molecule has 1 aliphatic heterocycles. The molecule has 0 aromatic heterocycles. The minimum absolute atomic E-state index is 0.602. The predicted octanol–water partition coefficient (Wildman–Crippen LogP) is 4.35. The van der Waals surface area contributed by atoms with E-state index in [2.05, 4.69) is 5.32 Å². The van der Waals surface area contributed by atoms with Gasteiger partial charge in [-0.05, 0) is 38.1 Å². The van der Waals surface area contributed by atoms with E-state index in [0.29, 0.717) is 5.02 Å². The summed E-state index contributed by atoms with van der Waals surface area (Å²) in [7, 11) is 1.87. The second kappa shape index (κ2) is 5.70. The molecule has 2 N–H and O–H groups in total. The lowest BCUT2D eigenvalue weighted by Gasteiger charge is -2.31. The molecule has 1 heterocycles. The van der Waals surface area contributed by atoms with Gasteiger partial charge in [-0.25, -0.2) is 4.99 Å². The summed E-state index contributed by atoms with van der Waals surface area (Å²) in [6.07, 6.45) is 1.30. The average Bonchev–Trinajstić information content (AvgIpc) is 2.52. The first-order valence-electron chi connectivity index (χ1n) is 7.35. The van der Waals surface area contributed by atoms with Gasteiger partial charge in [0.05, 0.1) is 5.71 Å². The van der Waals surface area contributed by atoms with E-state index < -0.39 is 5.72 Å². The molecule has 118 valence electrons. The van der Waals surface area contributed by atoms with Gasteiger partial charge in [0, 0.05) is 46.7 Å². The number of aliphatic imine (C=N–C) groups is 1. The number of fused-ring (bicyclic) bond motifs is 1. The fourth-order valence-electron chi connectivity index (χ4n) is 2.65. The van der Waals surface area contributed by atoms with Crippen LogP contribution in [0, 0.1) is 5.41 Å². The standard InChI is InChI=1S/C18H18ClN3O/c1-18(2)22-17(14-6-4-12(19)8-11(14)10-20)15-7-5-13(21-3)9-16(15)23-18/h4-10,20-21H,1-3H3. The highest BCUT2D eigenvalue weighted by molar-refractivity contribution is 6.31. The van der Waals surface area contributed by atoms with Crippen LogP contribution in [-0.2, 0) is 0 Å². The number of nitrogens with one attached hydrogen (secondary N) is 2. The van der Waals surface area contributed by atoms with E-state index in [9.17, 15) is 0 Å². The molecule has 23 heavy (non-hydrogen) atoms. The number of ether oxygens (including phenoxy) is 1. The molecule has 4 nitrogen and oxygen atoms in total. The van der Waals surface area contributed by atoms with Gasteiger partial charge in [-0.15, -0.1) is 0 Å². The molecule has 2 aromatic carbocycles. The Hall–Kier alpha value is -2.33. The van der Waals surface area contributed by atoms with Crippen molar-refractivity contribution < 1.29 is 4.74 Å². The number of halogens is 1. The van der Waals surface area contributed by atoms with Crippen LogP contribution in [0.2, 0.25) is 5.02 Å². The van der Waals surface area contributed by atoms with Crippen LogP contribution in [-0.4, -0.2) is 24.7 Å². The van der Waals surface area contributed by atoms with Gasteiger partial charge in [0.15, 0.2) is 5.72 Å². The maximum atomic E-state index is 7.67. The van der Waals surface area contributed by atoms with Gasteiger partial charge in [-0.1, -0.05) is 17.7 Å². The lowest BCUT2D eigenvalue weighted by molar-refractivity contribution is 0.115. The zero-order chi connectivity index (χ0) is 16.6. The Balaban J connectivity index is 2.22. The first-order chi connectivity index (χ1) is 10.9. The summed E-state index contributed by atoms with van der Waals surface area (Å²) in [6, 6.07) is 11.4. The highest BCUT2D eigenvalue weighted by atomic mass is 35.5. The summed E-state index contributed by atoms with van der Waals surface area (Å²) in [6.45, 7) is 3.84. The fourth-order valence-corrected chi connectivity index (χ4v) is 2.83. The Kier molecular flexibility index (Phi) is 3.86. The Morgan fingerprint density at radius 3 is 2.61 bits per heavy atom. The van der Waals surface area contributed by atoms with Crippen molar-refractivity contribution in [3.63, 3.8) is 0 Å². The Morgan fingerprint density at radius 1 is 1.17 bits per heavy atom. The first-order valence-corrected chi connectivity index (χ1v) is 7.73. The molecule has 3 rings (SSSR count). The van der Waals surface area contributed by atoms with Crippen molar-refractivity contribution in [2.75, 3.05) is 12.4 Å². The Morgan fingerprint density at radius 2 is 1.91 bits per heavy atom. The van der Waals surface area contributed by atoms with Gasteiger partial charge in [-0.3, -0.25) is 0 Å². The smallest absolute Gasteiger partial charge is 0.195 e. The van der Waals surface area contributed by atoms with Crippen molar-refractivity contribution in [3.05, 3.63) is 58.1 Å². The van der Waals surface area contributed by atoms with Crippen LogP contribution in [0.1, 0.15) is 30.5 Å². The Bertz CT molecular complexity index is 812. The third kappa shape index (κ3) is 2.94. The molecular weight excluding hydrogens is 310 g/mol. The molecule has 0 radical (unpaired) electrons. The zero-order valence-corrected chi connectivity index (χ0v) is 14.0. The van der Waals surface area contributed by atoms with E-state index in [1.165, 1.54) is 6.21 Å². The topological polar surface area (TPSA) is 57.5 Å². The normalized spacial score (nSPS) is 15.2. The van der Waals surface area contributed by atoms with E-state index in [1.807, 2.05) is 51.2 Å². The molecule has 0 saturated carbocycles. The molecule has 0 atom stereocenters. The molecule has 0 fully saturated rings. The summed E-state index contributed by atoms with van der Waals surface area (Å²) in [5.41, 5.74) is 3.64. The third-order valence-electron chi connectivity index (χ3n) is 3.69. The Labute approximate surface area is 140 Å². The number of benzene rings is 2. The van der Waals surface area contributed by atoms with Gasteiger partial charge in [0.25, 0.3) is 0 Å². The average molecular weight is 328 g/mol. The van der Waals surface area contributed by atoms with E-state index in [1.54, 1.807) is 6.07 Å². The number of rotatable bonds is 3. The zero-order valence-electron chi connectivity index (χ0n) is 13.3. The van der Waals surface area contributed by atoms with Crippen LogP contribution < -0.4 is 10.1 Å². The van der Waals surface area contributed by atoms with Gasteiger partial charge >= 0.3 is 0 Å². The molecule has 0 aliphatic carbocycles. The molecule has 0 bridgehead atoms. The van der Waals surface area contributed by atoms with Crippen LogP contribution >= 0.6 is 11.6 Å². The summed E-state index contributed by atoms with van der Waals surface area (Å²) in [5.74, 6) is 0.776. The minimum atomic E-state index is -0.673. The third-order valence-corrected chi connectivity index (χ3v) is 3.93. The van der Waals surface area contributed by atoms with Crippen molar-refractivity contribution in [3.8, 4) is 5.75 Å². The van der Waals surface area contributed by atoms with E-state index in [-0.39, 0.29) is 0 Å². The molecule has 2 aromatic rings. The molecule has 1 aliphatic rings. The lowest BCUT2D eigenvalue weighted by Crippen LogP contribution is -2.32. The van der Waals surface area contributed by atoms with E-state index in [0.717, 1.165) is 33.8 Å². The SMILES string of the molecule is CNc1ccc2c(c1)OC(C)(C)N=C2c1ccc(Cl)cc1C=N. The van der Waals surface area contributed by atoms with Gasteiger partial charge < -0.3 is 15.5 Å². The van der Waals surface area contributed by atoms with Crippen LogP contribution in [0.15, 0.2) is 41.4 Å². The molecule has 0 spiro atoms. The maximum Gasteiger partial charge on any atom is 0.195 e. The summed E-state index contributed by atoms with van der Waals surface area (Å²) >= 11 is 6.05. The highest BCUT2D eigenvalue weighted by Crippen LogP contribution is 2.35. The molecule has 0 amide bonds. The summed E-state index contributed by atoms with van der Waals surface area (Å²) in [5, 5.41) is 11.4. The predicted molar refractivity (Wildman–Crippen MR) is 95.7 cm³/mol. The van der Waals surface area contributed by atoms with Crippen molar-refractivity contribution in [1.29, 1.82) is 5.41 Å². The quantitative estimate of drug-likeness (QED) is 0.824. The number of hydrogen-bond donors (Lipinski definition) is 2. The second-order valence-electron chi connectivity index (χ2n) is 5.85. The fraction of sp³-hybridized carbons (Fsp3) is 0.222. The van der Waals surface area contributed by atoms with Crippen molar-refractivity contribution in [2.24, 2.45) is 4.99 Å². The van der Waals surface area contributed by atoms with E-state index >= 15 is 0 Å². The van der Waals surface area contributed by atoms with E-state index in [4.69, 9.17) is 26.7 Å². The molecular formula is C18H18ClN3O. The number of nitrogens with zero attached hydrogens (tertiary/aromatic N) is 1. The number of hydrogen-bond acceptors (Lipinski definition) is 4. The largest absolute Gasteiger partial charge is 0.466 e. The van der Waals surface area contributed by atoms with Crippen LogP contribution in [0.5, 0.6) is 5.75 Å². The molecule has 0 unspecified atom stereocenters. The maximum absolute atomic E-state index is 7.67. The summed E-state index contributed by atoms with van der Waals surface area (Å²) < 4.78 is 6.00. The first kappa shape index (κ1) is 15.6. The monoisotopic (exact) mass is 327 g/mol. The van der Waals surface area contributed by atoms with Gasteiger partial charge in [0.1, 0.15) is 5.75 Å². The molecule has 5 heteroatoms. The van der Waals surface area contributed by atoms with Gasteiger partial charge in [-0.2, -0.15) is 0 Å². The van der Waals surface area contributed by atoms with Crippen molar-refractivity contribution in [1.82, 2.24) is 0 Å². The molecule has 0 saturated heterocycles. The van der Waals surface area contributed by atoms with Crippen LogP contribution in [0.25, 0.3) is 0 Å². The minimum Gasteiger partial charge on any atom is -0.466 e. The van der Waals surface area contributed by atoms with Crippen molar-refractivity contribution >= 4 is 29.2 Å². The summed E-state index contributed by atoms with van der Waals surface area (Å²) in [4.78, 5) is 4.75. The lowest BCUT2D eigenvalue weighted by atomic mass is 9.95. The van der Waals surface area contributed by atoms with Gasteiger partial charge in [0.2, 0.25) is 0 Å². The number of anilines is 1. The van der Waals surface area contributed by atoms with Crippen molar-refractivity contribution in [2.45, 2.75) is 19.6 Å².